The van der Waals surface area contributed by atoms with Gasteiger partial charge in [-0.3, -0.25) is 19.6 Å². The van der Waals surface area contributed by atoms with Gasteiger partial charge in [0.1, 0.15) is 0 Å². The van der Waals surface area contributed by atoms with E-state index in [9.17, 15) is 19.5 Å². The highest BCUT2D eigenvalue weighted by atomic mass is 16.5. The van der Waals surface area contributed by atoms with Gasteiger partial charge in [-0.25, -0.2) is 5.48 Å². The smallest absolute Gasteiger partial charge is 0.278 e. The van der Waals surface area contributed by atoms with Crippen LogP contribution in [0.5, 0.6) is 0 Å². The van der Waals surface area contributed by atoms with Crippen LogP contribution in [0, 0.1) is 11.8 Å². The van der Waals surface area contributed by atoms with Crippen molar-refractivity contribution in [1.82, 2.24) is 15.7 Å². The highest BCUT2D eigenvalue weighted by Crippen LogP contribution is 2.18. The first-order valence-electron chi connectivity index (χ1n) is 9.97. The Kier molecular flexibility index (Phi) is 8.13. The van der Waals surface area contributed by atoms with E-state index in [1.807, 2.05) is 24.3 Å². The molecular weight excluding hydrogens is 410 g/mol. The zero-order valence-corrected chi connectivity index (χ0v) is 18.5. The Bertz CT molecular complexity index is 1020. The third-order valence-corrected chi connectivity index (χ3v) is 5.16. The van der Waals surface area contributed by atoms with E-state index < -0.39 is 29.4 Å². The molecule has 3 amide bonds. The van der Waals surface area contributed by atoms with E-state index in [1.54, 1.807) is 31.2 Å². The van der Waals surface area contributed by atoms with Crippen LogP contribution < -0.4 is 10.8 Å². The van der Waals surface area contributed by atoms with Crippen LogP contribution in [0.4, 0.5) is 0 Å². The third kappa shape index (κ3) is 5.52. The topological polar surface area (TPSA) is 119 Å². The Hall–Kier alpha value is -3.67. The molecule has 2 aromatic rings. The molecule has 2 aromatic carbocycles. The van der Waals surface area contributed by atoms with E-state index in [4.69, 9.17) is 5.21 Å². The molecular formula is C24H27N3O5. The number of hydrogen-bond donors (Lipinski definition) is 4. The summed E-state index contributed by atoms with van der Waals surface area (Å²) in [6, 6.07) is 14.0. The van der Waals surface area contributed by atoms with E-state index in [-0.39, 0.29) is 5.56 Å². The lowest BCUT2D eigenvalue weighted by Crippen LogP contribution is -2.64. The summed E-state index contributed by atoms with van der Waals surface area (Å²) >= 11 is 0. The molecule has 0 heterocycles. The molecule has 4 N–H and O–H groups in total. The molecule has 0 aliphatic carbocycles. The van der Waals surface area contributed by atoms with Gasteiger partial charge in [0.25, 0.3) is 17.7 Å². The van der Waals surface area contributed by atoms with Gasteiger partial charge in [-0.2, -0.15) is 0 Å². The number of hydrogen-bond acceptors (Lipinski definition) is 5. The molecule has 0 radical (unpaired) electrons. The zero-order chi connectivity index (χ0) is 23.9. The van der Waals surface area contributed by atoms with E-state index in [0.717, 1.165) is 16.0 Å². The van der Waals surface area contributed by atoms with Crippen LogP contribution in [0.25, 0.3) is 0 Å². The number of likely N-dealkylation sites (N-methyl/N-ethyl adjacent to an activating group) is 2. The van der Waals surface area contributed by atoms with E-state index in [2.05, 4.69) is 17.2 Å². The fourth-order valence-electron chi connectivity index (χ4n) is 3.06. The van der Waals surface area contributed by atoms with Gasteiger partial charge in [-0.15, -0.1) is 0 Å². The molecule has 0 saturated heterocycles. The first-order valence-corrected chi connectivity index (χ1v) is 9.97. The average Bonchev–Trinajstić information content (AvgIpc) is 2.80. The molecule has 2 atom stereocenters. The highest BCUT2D eigenvalue weighted by Gasteiger charge is 2.47. The number of nitrogens with zero attached hydrogens (tertiary/aromatic N) is 1. The summed E-state index contributed by atoms with van der Waals surface area (Å²) in [6.45, 7) is 2.97. The number of carbonyl (C=O) groups excluding carboxylic acids is 3. The summed E-state index contributed by atoms with van der Waals surface area (Å²) in [6.07, 6.45) is 0.177. The number of rotatable bonds is 6. The molecule has 0 bridgehead atoms. The average molecular weight is 437 g/mol. The van der Waals surface area contributed by atoms with E-state index >= 15 is 0 Å². The largest absolute Gasteiger partial charge is 0.393 e. The standard InChI is InChI=1S/C24H27N3O5/c1-16(28)15-19-9-7-17(8-10-19)5-6-18-11-13-20(14-12-18)21(29)27(4)24(2,22(30)25-3)23(31)26-32/h7-14,16,28,32H,15H2,1-4H3,(H,25,30)(H,26,31). The molecule has 0 aliphatic heterocycles. The number of hydroxylamine groups is 1. The van der Waals surface area contributed by atoms with Crippen molar-refractivity contribution in [3.05, 3.63) is 70.8 Å². The van der Waals surface area contributed by atoms with Crippen LogP contribution in [0.1, 0.15) is 40.9 Å². The number of nitrogens with one attached hydrogen (secondary N) is 2. The van der Waals surface area contributed by atoms with Crippen molar-refractivity contribution in [2.45, 2.75) is 31.9 Å². The van der Waals surface area contributed by atoms with Crippen molar-refractivity contribution < 1.29 is 24.7 Å². The van der Waals surface area contributed by atoms with Gasteiger partial charge in [0, 0.05) is 30.8 Å². The minimum atomic E-state index is -1.95. The van der Waals surface area contributed by atoms with Gasteiger partial charge < -0.3 is 15.3 Å². The summed E-state index contributed by atoms with van der Waals surface area (Å²) in [5, 5.41) is 20.8. The summed E-state index contributed by atoms with van der Waals surface area (Å²) in [5.74, 6) is 3.70. The van der Waals surface area contributed by atoms with Gasteiger partial charge in [-0.1, -0.05) is 24.0 Å². The number of benzene rings is 2. The maximum absolute atomic E-state index is 12.9. The SMILES string of the molecule is CNC(=O)C(C)(C(=O)NO)N(C)C(=O)c1ccc(C#Cc2ccc(CC(C)O)cc2)cc1. The van der Waals surface area contributed by atoms with Crippen molar-refractivity contribution in [2.24, 2.45) is 0 Å². The molecule has 0 saturated carbocycles. The highest BCUT2D eigenvalue weighted by molar-refractivity contribution is 6.12. The van der Waals surface area contributed by atoms with Crippen LogP contribution in [-0.2, 0) is 16.0 Å². The Morgan fingerprint density at radius 3 is 1.94 bits per heavy atom. The molecule has 0 fully saturated rings. The van der Waals surface area contributed by atoms with Crippen LogP contribution in [0.3, 0.4) is 0 Å². The van der Waals surface area contributed by atoms with Crippen LogP contribution in [0.15, 0.2) is 48.5 Å². The maximum atomic E-state index is 12.9. The summed E-state index contributed by atoms with van der Waals surface area (Å²) in [5.41, 5.74) is 2.26. The lowest BCUT2D eigenvalue weighted by molar-refractivity contribution is -0.148. The normalized spacial score (nSPS) is 13.1. The lowest BCUT2D eigenvalue weighted by Gasteiger charge is -2.34. The van der Waals surface area contributed by atoms with Gasteiger partial charge in [-0.05, 0) is 62.2 Å². The van der Waals surface area contributed by atoms with Crippen molar-refractivity contribution in [3.8, 4) is 11.8 Å². The predicted octanol–water partition coefficient (Wildman–Crippen LogP) is 1.09. The number of carbonyl (C=O) groups is 3. The number of amides is 3. The Morgan fingerprint density at radius 1 is 1.00 bits per heavy atom. The van der Waals surface area contributed by atoms with Crippen molar-refractivity contribution in [3.63, 3.8) is 0 Å². The predicted molar refractivity (Wildman–Crippen MR) is 119 cm³/mol. The molecule has 0 spiro atoms. The Balaban J connectivity index is 2.18. The van der Waals surface area contributed by atoms with E-state index in [1.165, 1.54) is 26.5 Å². The Labute approximate surface area is 187 Å². The monoisotopic (exact) mass is 437 g/mol. The van der Waals surface area contributed by atoms with Crippen molar-refractivity contribution in [2.75, 3.05) is 14.1 Å². The van der Waals surface area contributed by atoms with Crippen LogP contribution in [0.2, 0.25) is 0 Å². The quantitative estimate of drug-likeness (QED) is 0.234. The van der Waals surface area contributed by atoms with Gasteiger partial charge >= 0.3 is 0 Å². The van der Waals surface area contributed by atoms with Crippen molar-refractivity contribution >= 4 is 17.7 Å². The van der Waals surface area contributed by atoms with Gasteiger partial charge in [0.15, 0.2) is 5.54 Å². The summed E-state index contributed by atoms with van der Waals surface area (Å²) < 4.78 is 0. The molecule has 0 aromatic heterocycles. The first kappa shape index (κ1) is 24.6. The fraction of sp³-hybridized carbons (Fsp3) is 0.292. The second-order valence-electron chi connectivity index (χ2n) is 7.53. The van der Waals surface area contributed by atoms with Gasteiger partial charge in [0.2, 0.25) is 0 Å². The molecule has 32 heavy (non-hydrogen) atoms. The van der Waals surface area contributed by atoms with Crippen LogP contribution in [-0.4, -0.2) is 58.7 Å². The maximum Gasteiger partial charge on any atom is 0.278 e. The summed E-state index contributed by atoms with van der Waals surface area (Å²) in [7, 11) is 2.64. The molecule has 0 aliphatic rings. The molecule has 8 heteroatoms. The first-order chi connectivity index (χ1) is 15.1. The molecule has 2 rings (SSSR count). The second kappa shape index (κ2) is 10.6. The Morgan fingerprint density at radius 2 is 1.50 bits per heavy atom. The van der Waals surface area contributed by atoms with Crippen LogP contribution >= 0.6 is 0 Å². The lowest BCUT2D eigenvalue weighted by atomic mass is 9.96. The van der Waals surface area contributed by atoms with E-state index in [0.29, 0.717) is 12.0 Å². The minimum Gasteiger partial charge on any atom is -0.393 e. The molecule has 168 valence electrons. The summed E-state index contributed by atoms with van der Waals surface area (Å²) in [4.78, 5) is 38.2. The van der Waals surface area contributed by atoms with Gasteiger partial charge in [0.05, 0.1) is 6.10 Å². The number of aliphatic hydroxyl groups is 1. The molecule has 8 nitrogen and oxygen atoms in total. The minimum absolute atomic E-state index is 0.251. The fourth-order valence-corrected chi connectivity index (χ4v) is 3.06. The van der Waals surface area contributed by atoms with Crippen molar-refractivity contribution in [1.29, 1.82) is 0 Å². The second-order valence-corrected chi connectivity index (χ2v) is 7.53. The zero-order valence-electron chi connectivity index (χ0n) is 18.5. The molecule has 2 unspecified atom stereocenters. The number of aliphatic hydroxyl groups excluding tert-OH is 1. The third-order valence-electron chi connectivity index (χ3n) is 5.16.